The van der Waals surface area contributed by atoms with Crippen LogP contribution in [-0.4, -0.2) is 11.9 Å². The van der Waals surface area contributed by atoms with Crippen molar-refractivity contribution < 1.29 is 15.7 Å². The van der Waals surface area contributed by atoms with Crippen LogP contribution in [0.1, 0.15) is 47.1 Å². The van der Waals surface area contributed by atoms with Gasteiger partial charge in [-0.25, -0.2) is 0 Å². The Balaban J connectivity index is 3.02. The summed E-state index contributed by atoms with van der Waals surface area (Å²) in [5, 5.41) is 0. The molecule has 1 aromatic carbocycles. The Hall–Kier alpha value is -1.11. The second-order valence-electron chi connectivity index (χ2n) is 7.24. The molecule has 0 aliphatic heterocycles. The van der Waals surface area contributed by atoms with Crippen LogP contribution in [0.4, 0.5) is 0 Å². The van der Waals surface area contributed by atoms with Crippen molar-refractivity contribution in [3.63, 3.8) is 0 Å². The average molecular weight is 420 g/mol. The van der Waals surface area contributed by atoms with Crippen molar-refractivity contribution in [2.45, 2.75) is 48.5 Å². The second kappa shape index (κ2) is 6.98. The molecule has 0 saturated carbocycles. The summed E-state index contributed by atoms with van der Waals surface area (Å²) in [6, 6.07) is 7.59. The van der Waals surface area contributed by atoms with Crippen molar-refractivity contribution in [1.29, 1.82) is 0 Å². The summed E-state index contributed by atoms with van der Waals surface area (Å²) in [5.41, 5.74) is -0.160. The van der Waals surface area contributed by atoms with Gasteiger partial charge in [0.25, 0.3) is 0 Å². The zero-order valence-corrected chi connectivity index (χ0v) is 16.5. The molecule has 124 valence electrons. The molecule has 0 unspecified atom stereocenters. The zero-order chi connectivity index (χ0) is 17.1. The van der Waals surface area contributed by atoms with E-state index in [1.54, 1.807) is 41.5 Å². The van der Waals surface area contributed by atoms with Gasteiger partial charge in [0.05, 0.1) is 0 Å². The first-order valence-electron chi connectivity index (χ1n) is 7.14. The molecule has 0 N–H and O–H groups in total. The third kappa shape index (κ3) is 5.59. The molecule has 0 heterocycles. The Morgan fingerprint density at radius 2 is 1.18 bits per heavy atom. The first kappa shape index (κ1) is 18.9. The summed E-state index contributed by atoms with van der Waals surface area (Å²) in [6.07, 6.45) is 0. The Labute approximate surface area is 141 Å². The van der Waals surface area contributed by atoms with Crippen molar-refractivity contribution in [3.8, 4) is 0 Å². The standard InChI is InChI=1S/C17H25IO4/c1-12-8-10-13(11-9-12)18(21-14(19)16(2,3)4)22-15(20)17(5,6)7/h8-11H,1-7H3. The first-order valence-corrected chi connectivity index (χ1v) is 9.98. The van der Waals surface area contributed by atoms with Crippen LogP contribution in [0.3, 0.4) is 0 Å². The SMILES string of the molecule is Cc1ccc(I(OC(=O)C(C)(C)C)OC(=O)C(C)(C)C)cc1. The van der Waals surface area contributed by atoms with Crippen LogP contribution < -0.4 is 0 Å². The van der Waals surface area contributed by atoms with E-state index in [1.807, 2.05) is 31.2 Å². The molecule has 0 aliphatic carbocycles. The quantitative estimate of drug-likeness (QED) is 0.667. The monoisotopic (exact) mass is 420 g/mol. The molecule has 0 spiro atoms. The number of benzene rings is 1. The van der Waals surface area contributed by atoms with E-state index in [1.165, 1.54) is 0 Å². The van der Waals surface area contributed by atoms with Crippen LogP contribution in [0, 0.1) is 21.3 Å². The molecular formula is C17H25IO4. The van der Waals surface area contributed by atoms with Crippen LogP contribution >= 0.6 is 20.6 Å². The van der Waals surface area contributed by atoms with Crippen LogP contribution in [0.2, 0.25) is 0 Å². The van der Waals surface area contributed by atoms with Crippen molar-refractivity contribution in [3.05, 3.63) is 33.4 Å². The molecule has 0 radical (unpaired) electrons. The Morgan fingerprint density at radius 3 is 1.50 bits per heavy atom. The van der Waals surface area contributed by atoms with Crippen LogP contribution in [0.15, 0.2) is 24.3 Å². The third-order valence-electron chi connectivity index (χ3n) is 2.69. The summed E-state index contributed by atoms with van der Waals surface area (Å²) < 4.78 is 12.0. The summed E-state index contributed by atoms with van der Waals surface area (Å²) in [4.78, 5) is 24.3. The molecule has 22 heavy (non-hydrogen) atoms. The van der Waals surface area contributed by atoms with Crippen LogP contribution in [0.5, 0.6) is 0 Å². The molecule has 1 rings (SSSR count). The molecule has 0 bridgehead atoms. The molecular weight excluding hydrogens is 395 g/mol. The molecule has 4 nitrogen and oxygen atoms in total. The van der Waals surface area contributed by atoms with Crippen molar-refractivity contribution in [2.24, 2.45) is 10.8 Å². The van der Waals surface area contributed by atoms with Crippen molar-refractivity contribution >= 4 is 32.6 Å². The minimum absolute atomic E-state index is 0.347. The number of carbonyl (C=O) groups is 2. The van der Waals surface area contributed by atoms with E-state index >= 15 is 0 Å². The topological polar surface area (TPSA) is 52.6 Å². The van der Waals surface area contributed by atoms with Gasteiger partial charge in [-0.1, -0.05) is 0 Å². The predicted octanol–water partition coefficient (Wildman–Crippen LogP) is 4.68. The number of rotatable bonds is 3. The van der Waals surface area contributed by atoms with Gasteiger partial charge in [-0.3, -0.25) is 0 Å². The summed E-state index contributed by atoms with van der Waals surface area (Å²) in [7, 11) is 0. The fourth-order valence-corrected chi connectivity index (χ4v) is 4.69. The molecule has 0 fully saturated rings. The van der Waals surface area contributed by atoms with E-state index in [9.17, 15) is 9.59 Å². The zero-order valence-electron chi connectivity index (χ0n) is 14.3. The predicted molar refractivity (Wildman–Crippen MR) is 95.0 cm³/mol. The van der Waals surface area contributed by atoms with E-state index in [0.29, 0.717) is 0 Å². The fourth-order valence-electron chi connectivity index (χ4n) is 1.10. The maximum absolute atomic E-state index is 12.2. The van der Waals surface area contributed by atoms with Gasteiger partial charge >= 0.3 is 141 Å². The Bertz CT molecular complexity index is 507. The molecule has 5 heteroatoms. The second-order valence-corrected chi connectivity index (χ2v) is 10.6. The summed E-state index contributed by atoms with van der Waals surface area (Å²) in [6.45, 7) is 12.7. The first-order chi connectivity index (χ1) is 9.91. The molecule has 0 aliphatic rings. The average Bonchev–Trinajstić information content (AvgIpc) is 2.36. The number of aryl methyl sites for hydroxylation is 1. The van der Waals surface area contributed by atoms with Crippen LogP contribution in [-0.2, 0) is 15.7 Å². The van der Waals surface area contributed by atoms with Crippen LogP contribution in [0.25, 0.3) is 0 Å². The number of hydrogen-bond donors (Lipinski definition) is 0. The van der Waals surface area contributed by atoms with Gasteiger partial charge in [-0.2, -0.15) is 0 Å². The molecule has 0 aromatic heterocycles. The third-order valence-corrected chi connectivity index (χ3v) is 6.03. The molecule has 0 saturated heterocycles. The van der Waals surface area contributed by atoms with Gasteiger partial charge in [0.15, 0.2) is 0 Å². The van der Waals surface area contributed by atoms with E-state index < -0.39 is 31.5 Å². The maximum atomic E-state index is 12.2. The van der Waals surface area contributed by atoms with Gasteiger partial charge in [0.2, 0.25) is 0 Å². The fraction of sp³-hybridized carbons (Fsp3) is 0.529. The van der Waals surface area contributed by atoms with Gasteiger partial charge in [0, 0.05) is 0 Å². The van der Waals surface area contributed by atoms with Crippen molar-refractivity contribution in [2.75, 3.05) is 0 Å². The van der Waals surface area contributed by atoms with Gasteiger partial charge in [0.1, 0.15) is 0 Å². The Kier molecular flexibility index (Phi) is 6.01. The summed E-state index contributed by atoms with van der Waals surface area (Å²) >= 11 is -2.83. The van der Waals surface area contributed by atoms with Crippen molar-refractivity contribution in [1.82, 2.24) is 0 Å². The van der Waals surface area contributed by atoms with E-state index in [2.05, 4.69) is 0 Å². The van der Waals surface area contributed by atoms with E-state index in [-0.39, 0.29) is 11.9 Å². The number of halogens is 1. The number of hydrogen-bond acceptors (Lipinski definition) is 4. The van der Waals surface area contributed by atoms with E-state index in [0.717, 1.165) is 9.13 Å². The molecule has 1 aromatic rings. The minimum atomic E-state index is -2.83. The Morgan fingerprint density at radius 1 is 0.818 bits per heavy atom. The number of carbonyl (C=O) groups excluding carboxylic acids is 2. The normalized spacial score (nSPS) is 12.6. The van der Waals surface area contributed by atoms with Gasteiger partial charge < -0.3 is 0 Å². The summed E-state index contributed by atoms with van der Waals surface area (Å²) in [5.74, 6) is -0.694. The van der Waals surface area contributed by atoms with E-state index in [4.69, 9.17) is 6.13 Å². The molecule has 0 amide bonds. The van der Waals surface area contributed by atoms with Gasteiger partial charge in [-0.05, 0) is 0 Å². The van der Waals surface area contributed by atoms with Gasteiger partial charge in [-0.15, -0.1) is 0 Å². The molecule has 0 atom stereocenters.